The quantitative estimate of drug-likeness (QED) is 0.183. The van der Waals surface area contributed by atoms with E-state index in [2.05, 4.69) is 52.0 Å². The minimum Gasteiger partial charge on any atom is -0.482 e. The third kappa shape index (κ3) is 8.16. The molecule has 3 nitrogen and oxygen atoms in total. The molecule has 0 aliphatic heterocycles. The number of benzene rings is 3. The van der Waals surface area contributed by atoms with Crippen LogP contribution in [0.4, 0.5) is 0 Å². The van der Waals surface area contributed by atoms with Gasteiger partial charge in [0.15, 0.2) is 6.61 Å². The summed E-state index contributed by atoms with van der Waals surface area (Å²) in [5.74, 6) is 7.70. The van der Waals surface area contributed by atoms with Crippen LogP contribution < -0.4 is 4.74 Å². The Morgan fingerprint density at radius 2 is 1.82 bits per heavy atom. The van der Waals surface area contributed by atoms with Crippen molar-refractivity contribution in [3.05, 3.63) is 100 Å². The normalized spacial score (nSPS) is 10.8. The zero-order valence-electron chi connectivity index (χ0n) is 18.6. The van der Waals surface area contributed by atoms with Gasteiger partial charge in [0, 0.05) is 26.3 Å². The second kappa shape index (κ2) is 12.9. The van der Waals surface area contributed by atoms with E-state index in [1.165, 1.54) is 0 Å². The van der Waals surface area contributed by atoms with Gasteiger partial charge in [0.2, 0.25) is 0 Å². The predicted molar refractivity (Wildman–Crippen MR) is 139 cm³/mol. The van der Waals surface area contributed by atoms with Gasteiger partial charge in [0.25, 0.3) is 0 Å². The van der Waals surface area contributed by atoms with Crippen LogP contribution in [0.15, 0.2) is 88.2 Å². The highest BCUT2D eigenvalue weighted by molar-refractivity contribution is 9.10. The Kier molecular flexibility index (Phi) is 9.68. The number of thioether (sulfide) groups is 1. The van der Waals surface area contributed by atoms with Crippen LogP contribution >= 0.6 is 27.7 Å². The van der Waals surface area contributed by atoms with E-state index in [1.807, 2.05) is 61.5 Å². The van der Waals surface area contributed by atoms with Crippen molar-refractivity contribution in [2.45, 2.75) is 18.7 Å². The lowest BCUT2D eigenvalue weighted by Gasteiger charge is -2.10. The number of ether oxygens (including phenoxy) is 2. The number of esters is 1. The average molecular weight is 521 g/mol. The third-order valence-electron chi connectivity index (χ3n) is 4.61. The summed E-state index contributed by atoms with van der Waals surface area (Å²) in [5, 5.41) is 0. The van der Waals surface area contributed by atoms with E-state index in [4.69, 9.17) is 9.47 Å². The van der Waals surface area contributed by atoms with Crippen molar-refractivity contribution in [1.82, 2.24) is 0 Å². The van der Waals surface area contributed by atoms with E-state index in [-0.39, 0.29) is 12.6 Å². The summed E-state index contributed by atoms with van der Waals surface area (Å²) in [6.07, 6.45) is 2.16. The molecule has 0 N–H and O–H groups in total. The molecule has 33 heavy (non-hydrogen) atoms. The number of hydrogen-bond donors (Lipinski definition) is 0. The molecule has 0 fully saturated rings. The first kappa shape index (κ1) is 24.7. The summed E-state index contributed by atoms with van der Waals surface area (Å²) >= 11 is 5.22. The van der Waals surface area contributed by atoms with Crippen LogP contribution in [0.2, 0.25) is 0 Å². The third-order valence-corrected chi connectivity index (χ3v) is 6.05. The first-order chi connectivity index (χ1) is 16.0. The molecule has 0 atom stereocenters. The number of carbonyl (C=O) groups is 1. The highest BCUT2D eigenvalue weighted by Gasteiger charge is 2.06. The van der Waals surface area contributed by atoms with Gasteiger partial charge in [-0.25, -0.2) is 4.79 Å². The molecule has 5 heteroatoms. The van der Waals surface area contributed by atoms with Gasteiger partial charge in [-0.15, -0.1) is 11.8 Å². The number of rotatable bonds is 8. The number of halogens is 1. The van der Waals surface area contributed by atoms with E-state index < -0.39 is 0 Å². The standard InChI is InChI=1S/C28H25BrO3S/c1-3-31-28(30)20-32-27-16-15-26(19-21(27)2)33-18-17-24(23-11-13-25(29)14-12-23)10-9-22-7-5-4-6-8-22/h4-8,11-17,19H,3,18,20H2,1-2H3. The summed E-state index contributed by atoms with van der Waals surface area (Å²) in [6, 6.07) is 24.1. The summed E-state index contributed by atoms with van der Waals surface area (Å²) in [5.41, 5.74) is 4.04. The molecular weight excluding hydrogens is 496 g/mol. The molecular formula is C28H25BrO3S. The molecule has 0 bridgehead atoms. The zero-order valence-corrected chi connectivity index (χ0v) is 21.0. The van der Waals surface area contributed by atoms with Crippen LogP contribution in [0.3, 0.4) is 0 Å². The van der Waals surface area contributed by atoms with Crippen molar-refractivity contribution < 1.29 is 14.3 Å². The topological polar surface area (TPSA) is 35.5 Å². The summed E-state index contributed by atoms with van der Waals surface area (Å²) in [4.78, 5) is 12.6. The number of allylic oxidation sites excluding steroid dienone is 1. The van der Waals surface area contributed by atoms with Gasteiger partial charge < -0.3 is 9.47 Å². The lowest BCUT2D eigenvalue weighted by molar-refractivity contribution is -0.145. The van der Waals surface area contributed by atoms with E-state index >= 15 is 0 Å². The molecule has 0 radical (unpaired) electrons. The van der Waals surface area contributed by atoms with Crippen LogP contribution in [0.25, 0.3) is 5.57 Å². The molecule has 168 valence electrons. The summed E-state index contributed by atoms with van der Waals surface area (Å²) in [7, 11) is 0. The lowest BCUT2D eigenvalue weighted by Crippen LogP contribution is -2.14. The second-order valence-electron chi connectivity index (χ2n) is 7.07. The Morgan fingerprint density at radius 3 is 2.52 bits per heavy atom. The van der Waals surface area contributed by atoms with Crippen LogP contribution in [-0.2, 0) is 9.53 Å². The molecule has 0 amide bonds. The highest BCUT2D eigenvalue weighted by Crippen LogP contribution is 2.27. The van der Waals surface area contributed by atoms with E-state index in [1.54, 1.807) is 18.7 Å². The summed E-state index contributed by atoms with van der Waals surface area (Å²) < 4.78 is 11.5. The Balaban J connectivity index is 1.70. The van der Waals surface area contributed by atoms with Crippen LogP contribution in [-0.4, -0.2) is 24.9 Å². The van der Waals surface area contributed by atoms with Gasteiger partial charge in [0.1, 0.15) is 5.75 Å². The maximum absolute atomic E-state index is 11.5. The van der Waals surface area contributed by atoms with Crippen molar-refractivity contribution in [3.63, 3.8) is 0 Å². The SMILES string of the molecule is CCOC(=O)COc1ccc(SCC=C(C#Cc2ccccc2)c2ccc(Br)cc2)cc1C. The maximum atomic E-state index is 11.5. The number of aryl methyl sites for hydroxylation is 1. The number of carbonyl (C=O) groups excluding carboxylic acids is 1. The van der Waals surface area contributed by atoms with E-state index in [9.17, 15) is 4.79 Å². The average Bonchev–Trinajstić information content (AvgIpc) is 2.82. The lowest BCUT2D eigenvalue weighted by atomic mass is 10.1. The molecule has 3 rings (SSSR count). The van der Waals surface area contributed by atoms with Gasteiger partial charge in [-0.1, -0.05) is 64.2 Å². The van der Waals surface area contributed by atoms with Crippen molar-refractivity contribution >= 4 is 39.2 Å². The molecule has 0 heterocycles. The molecule has 0 aliphatic carbocycles. The molecule has 0 spiro atoms. The first-order valence-electron chi connectivity index (χ1n) is 10.6. The Morgan fingerprint density at radius 1 is 1.06 bits per heavy atom. The van der Waals surface area contributed by atoms with E-state index in [0.717, 1.165) is 37.4 Å². The molecule has 0 aliphatic rings. The maximum Gasteiger partial charge on any atom is 0.344 e. The largest absolute Gasteiger partial charge is 0.482 e. The predicted octanol–water partition coefficient (Wildman–Crippen LogP) is 6.93. The smallest absolute Gasteiger partial charge is 0.344 e. The van der Waals surface area contributed by atoms with Gasteiger partial charge in [-0.3, -0.25) is 0 Å². The van der Waals surface area contributed by atoms with E-state index in [0.29, 0.717) is 12.4 Å². The minimum atomic E-state index is -0.363. The van der Waals surface area contributed by atoms with Gasteiger partial charge >= 0.3 is 5.97 Å². The Bertz CT molecular complexity index is 1160. The fourth-order valence-corrected chi connectivity index (χ4v) is 4.10. The monoisotopic (exact) mass is 520 g/mol. The summed E-state index contributed by atoms with van der Waals surface area (Å²) in [6.45, 7) is 4.01. The first-order valence-corrected chi connectivity index (χ1v) is 12.4. The number of hydrogen-bond acceptors (Lipinski definition) is 4. The fraction of sp³-hybridized carbons (Fsp3) is 0.179. The van der Waals surface area contributed by atoms with Crippen molar-refractivity contribution in [1.29, 1.82) is 0 Å². The van der Waals surface area contributed by atoms with Gasteiger partial charge in [0.05, 0.1) is 6.61 Å². The van der Waals surface area contributed by atoms with Crippen LogP contribution in [0.5, 0.6) is 5.75 Å². The molecule has 3 aromatic rings. The molecule has 0 saturated heterocycles. The molecule has 0 saturated carbocycles. The second-order valence-corrected chi connectivity index (χ2v) is 9.08. The van der Waals surface area contributed by atoms with Gasteiger partial charge in [-0.05, 0) is 67.4 Å². The minimum absolute atomic E-state index is 0.0828. The van der Waals surface area contributed by atoms with Crippen LogP contribution in [0.1, 0.15) is 23.6 Å². The van der Waals surface area contributed by atoms with Crippen molar-refractivity contribution in [3.8, 4) is 17.6 Å². The van der Waals surface area contributed by atoms with Crippen molar-refractivity contribution in [2.24, 2.45) is 0 Å². The van der Waals surface area contributed by atoms with Gasteiger partial charge in [-0.2, -0.15) is 0 Å². The van der Waals surface area contributed by atoms with Crippen molar-refractivity contribution in [2.75, 3.05) is 19.0 Å². The molecule has 0 unspecified atom stereocenters. The zero-order chi connectivity index (χ0) is 23.5. The Hall–Kier alpha value is -2.94. The Labute approximate surface area is 208 Å². The molecule has 0 aromatic heterocycles. The fourth-order valence-electron chi connectivity index (χ4n) is 2.97. The molecule has 3 aromatic carbocycles. The highest BCUT2D eigenvalue weighted by atomic mass is 79.9. The van der Waals surface area contributed by atoms with Crippen LogP contribution in [0, 0.1) is 18.8 Å².